The molecule has 1 amide bonds. The molecule has 192 valence electrons. The van der Waals surface area contributed by atoms with Crippen LogP contribution in [0, 0.1) is 0 Å². The smallest absolute Gasteiger partial charge is 0.410 e. The molecule has 1 atom stereocenters. The van der Waals surface area contributed by atoms with Crippen LogP contribution < -0.4 is 10.1 Å². The molecule has 11 heteroatoms. The molecule has 1 aliphatic rings. The van der Waals surface area contributed by atoms with Crippen LogP contribution in [-0.2, 0) is 11.3 Å². The summed E-state index contributed by atoms with van der Waals surface area (Å²) in [6.45, 7) is 7.28. The highest BCUT2D eigenvalue weighted by atomic mass is 79.9. The number of aromatic nitrogens is 5. The van der Waals surface area contributed by atoms with Gasteiger partial charge in [0.05, 0.1) is 23.1 Å². The monoisotopic (exact) mass is 565 g/mol. The summed E-state index contributed by atoms with van der Waals surface area (Å²) in [5.41, 5.74) is 2.17. The molecule has 0 aliphatic carbocycles. The van der Waals surface area contributed by atoms with Gasteiger partial charge in [0.1, 0.15) is 30.1 Å². The second-order valence-corrected chi connectivity index (χ2v) is 10.8. The third kappa shape index (κ3) is 6.34. The lowest BCUT2D eigenvalue weighted by Crippen LogP contribution is -2.36. The van der Waals surface area contributed by atoms with Crippen LogP contribution in [0.1, 0.15) is 32.8 Å². The first-order valence-corrected chi connectivity index (χ1v) is 12.8. The van der Waals surface area contributed by atoms with Crippen LogP contribution in [0.25, 0.3) is 10.9 Å². The molecule has 3 heterocycles. The molecule has 0 spiro atoms. The summed E-state index contributed by atoms with van der Waals surface area (Å²) in [6.07, 6.45) is 5.26. The summed E-state index contributed by atoms with van der Waals surface area (Å²) in [4.78, 5) is 27.2. The molecule has 4 aromatic rings. The molecule has 5 rings (SSSR count). The molecule has 1 saturated heterocycles. The van der Waals surface area contributed by atoms with Crippen LogP contribution in [0.15, 0.2) is 59.7 Å². The molecule has 0 radical (unpaired) electrons. The van der Waals surface area contributed by atoms with Crippen LogP contribution in [0.5, 0.6) is 5.75 Å². The van der Waals surface area contributed by atoms with Crippen LogP contribution in [0.4, 0.5) is 16.4 Å². The van der Waals surface area contributed by atoms with Crippen molar-refractivity contribution < 1.29 is 14.3 Å². The normalized spacial score (nSPS) is 15.7. The Balaban J connectivity index is 1.28. The standard InChI is InChI=1S/C26H28BrN7O3/c1-26(2,3)37-25(35)33-8-7-20(14-33)36-23-11-22-18(10-21(23)27)12-29-24(32-22)31-19-6-4-5-17(9-19)13-34-16-28-15-30-34/h4-6,9-12,15-16,20H,7-8,13-14H2,1-3H3,(H,29,31,32). The number of nitrogens with one attached hydrogen (secondary N) is 1. The Labute approximate surface area is 223 Å². The quantitative estimate of drug-likeness (QED) is 0.341. The van der Waals surface area contributed by atoms with E-state index in [0.29, 0.717) is 31.3 Å². The Morgan fingerprint density at radius 3 is 2.89 bits per heavy atom. The van der Waals surface area contributed by atoms with Crippen molar-refractivity contribution >= 4 is 44.6 Å². The number of anilines is 2. The maximum Gasteiger partial charge on any atom is 0.410 e. The minimum Gasteiger partial charge on any atom is -0.487 e. The topological polar surface area (TPSA) is 107 Å². The number of halogens is 1. The number of nitrogens with zero attached hydrogens (tertiary/aromatic N) is 6. The molecule has 1 N–H and O–H groups in total. The first-order chi connectivity index (χ1) is 17.7. The molecule has 2 aromatic carbocycles. The summed E-state index contributed by atoms with van der Waals surface area (Å²) in [5, 5.41) is 8.32. The Kier molecular flexibility index (Phi) is 6.96. The lowest BCUT2D eigenvalue weighted by molar-refractivity contribution is 0.0275. The Hall–Kier alpha value is -3.73. The average molecular weight is 566 g/mol. The SMILES string of the molecule is CC(C)(C)OC(=O)N1CCC(Oc2cc3nc(Nc4cccc(Cn5cncn5)c4)ncc3cc2Br)C1. The number of rotatable bonds is 6. The van der Waals surface area contributed by atoms with Crippen molar-refractivity contribution in [3.63, 3.8) is 0 Å². The van der Waals surface area contributed by atoms with Crippen molar-refractivity contribution in [2.24, 2.45) is 0 Å². The molecule has 10 nitrogen and oxygen atoms in total. The molecular weight excluding hydrogens is 538 g/mol. The van der Waals surface area contributed by atoms with Gasteiger partial charge in [-0.25, -0.2) is 24.4 Å². The number of benzene rings is 2. The van der Waals surface area contributed by atoms with Gasteiger partial charge in [0.2, 0.25) is 5.95 Å². The minimum atomic E-state index is -0.526. The predicted molar refractivity (Wildman–Crippen MR) is 143 cm³/mol. The zero-order chi connectivity index (χ0) is 26.0. The van der Waals surface area contributed by atoms with E-state index in [4.69, 9.17) is 14.5 Å². The van der Waals surface area contributed by atoms with Gasteiger partial charge in [-0.15, -0.1) is 0 Å². The van der Waals surface area contributed by atoms with Crippen molar-refractivity contribution in [2.45, 2.75) is 45.4 Å². The highest BCUT2D eigenvalue weighted by molar-refractivity contribution is 9.10. The lowest BCUT2D eigenvalue weighted by atomic mass is 10.2. The summed E-state index contributed by atoms with van der Waals surface area (Å²) in [5.74, 6) is 1.15. The second-order valence-electron chi connectivity index (χ2n) is 9.91. The van der Waals surface area contributed by atoms with Gasteiger partial charge < -0.3 is 19.7 Å². The maximum absolute atomic E-state index is 12.4. The fourth-order valence-electron chi connectivity index (χ4n) is 4.06. The van der Waals surface area contributed by atoms with Crippen LogP contribution in [-0.4, -0.2) is 60.5 Å². The average Bonchev–Trinajstić information content (AvgIpc) is 3.51. The van der Waals surface area contributed by atoms with Crippen molar-refractivity contribution in [1.29, 1.82) is 0 Å². The maximum atomic E-state index is 12.4. The Bertz CT molecular complexity index is 1410. The third-order valence-electron chi connectivity index (χ3n) is 5.72. The van der Waals surface area contributed by atoms with E-state index in [9.17, 15) is 4.79 Å². The fraction of sp³-hybridized carbons (Fsp3) is 0.346. The number of carbonyl (C=O) groups excluding carboxylic acids is 1. The fourth-order valence-corrected chi connectivity index (χ4v) is 4.51. The molecule has 37 heavy (non-hydrogen) atoms. The van der Waals surface area contributed by atoms with Gasteiger partial charge in [0.15, 0.2) is 0 Å². The van der Waals surface area contributed by atoms with Crippen LogP contribution >= 0.6 is 15.9 Å². The summed E-state index contributed by atoms with van der Waals surface area (Å²) >= 11 is 3.60. The number of hydrogen-bond acceptors (Lipinski definition) is 8. The molecule has 1 aliphatic heterocycles. The second kappa shape index (κ2) is 10.3. The largest absolute Gasteiger partial charge is 0.487 e. The zero-order valence-corrected chi connectivity index (χ0v) is 22.5. The van der Waals surface area contributed by atoms with E-state index in [-0.39, 0.29) is 12.2 Å². The minimum absolute atomic E-state index is 0.131. The first kappa shape index (κ1) is 24.9. The van der Waals surface area contributed by atoms with Gasteiger partial charge in [-0.05, 0) is 60.5 Å². The van der Waals surface area contributed by atoms with Gasteiger partial charge in [-0.1, -0.05) is 12.1 Å². The molecule has 2 aromatic heterocycles. The summed E-state index contributed by atoms with van der Waals surface area (Å²) in [6, 6.07) is 11.8. The Morgan fingerprint density at radius 2 is 2.11 bits per heavy atom. The number of likely N-dealkylation sites (tertiary alicyclic amines) is 1. The molecule has 0 bridgehead atoms. The van der Waals surface area contributed by atoms with Crippen molar-refractivity contribution in [1.82, 2.24) is 29.6 Å². The van der Waals surface area contributed by atoms with E-state index >= 15 is 0 Å². The van der Waals surface area contributed by atoms with E-state index in [2.05, 4.69) is 36.3 Å². The van der Waals surface area contributed by atoms with E-state index < -0.39 is 5.60 Å². The number of carbonyl (C=O) groups is 1. The highest BCUT2D eigenvalue weighted by Gasteiger charge is 2.31. The van der Waals surface area contributed by atoms with Crippen molar-refractivity contribution in [3.05, 3.63) is 65.3 Å². The van der Waals surface area contributed by atoms with Gasteiger partial charge >= 0.3 is 6.09 Å². The zero-order valence-electron chi connectivity index (χ0n) is 20.9. The van der Waals surface area contributed by atoms with Gasteiger partial charge in [-0.2, -0.15) is 5.10 Å². The Morgan fingerprint density at radius 1 is 1.24 bits per heavy atom. The van der Waals surface area contributed by atoms with E-state index in [1.165, 1.54) is 6.33 Å². The lowest BCUT2D eigenvalue weighted by Gasteiger charge is -2.24. The number of amides is 1. The van der Waals surface area contributed by atoms with E-state index in [1.54, 1.807) is 22.1 Å². The molecule has 1 fully saturated rings. The van der Waals surface area contributed by atoms with Crippen molar-refractivity contribution in [3.8, 4) is 5.75 Å². The number of hydrogen-bond donors (Lipinski definition) is 1. The van der Waals surface area contributed by atoms with E-state index in [0.717, 1.165) is 33.0 Å². The third-order valence-corrected chi connectivity index (χ3v) is 6.34. The number of ether oxygens (including phenoxy) is 2. The highest BCUT2D eigenvalue weighted by Crippen LogP contribution is 2.32. The predicted octanol–water partition coefficient (Wildman–Crippen LogP) is 5.16. The summed E-state index contributed by atoms with van der Waals surface area (Å²) < 4.78 is 14.3. The number of fused-ring (bicyclic) bond motifs is 1. The molecule has 1 unspecified atom stereocenters. The van der Waals surface area contributed by atoms with Crippen LogP contribution in [0.2, 0.25) is 0 Å². The van der Waals surface area contributed by atoms with Gasteiger partial charge in [-0.3, -0.25) is 0 Å². The summed E-state index contributed by atoms with van der Waals surface area (Å²) in [7, 11) is 0. The van der Waals surface area contributed by atoms with Crippen molar-refractivity contribution in [2.75, 3.05) is 18.4 Å². The first-order valence-electron chi connectivity index (χ1n) is 12.0. The molecule has 0 saturated carbocycles. The van der Waals surface area contributed by atoms with Gasteiger partial charge in [0, 0.05) is 36.3 Å². The molecular formula is C26H28BrN7O3. The van der Waals surface area contributed by atoms with E-state index in [1.807, 2.05) is 57.2 Å². The van der Waals surface area contributed by atoms with Crippen LogP contribution in [0.3, 0.4) is 0 Å². The van der Waals surface area contributed by atoms with Gasteiger partial charge in [0.25, 0.3) is 0 Å².